The van der Waals surface area contributed by atoms with Gasteiger partial charge in [0.2, 0.25) is 5.89 Å². The summed E-state index contributed by atoms with van der Waals surface area (Å²) in [5.41, 5.74) is 2.08. The van der Waals surface area contributed by atoms with E-state index in [0.717, 1.165) is 62.7 Å². The number of ether oxygens (including phenoxy) is 1. The van der Waals surface area contributed by atoms with E-state index in [4.69, 9.17) is 37.0 Å². The molecule has 4 aliphatic rings. The third-order valence-corrected chi connectivity index (χ3v) is 8.36. The van der Waals surface area contributed by atoms with Crippen LogP contribution >= 0.6 is 23.2 Å². The molecule has 4 aliphatic carbocycles. The maximum absolute atomic E-state index is 9.29. The predicted molar refractivity (Wildman–Crippen MR) is 121 cm³/mol. The molecule has 7 rings (SSSR count). The molecule has 0 amide bonds. The largest absolute Gasteiger partial charge is 0.388 e. The lowest BCUT2D eigenvalue weighted by Crippen LogP contribution is -2.49. The molecule has 174 valence electrons. The molecule has 0 spiro atoms. The Morgan fingerprint density at radius 3 is 2.30 bits per heavy atom. The van der Waals surface area contributed by atoms with Gasteiger partial charge in [-0.2, -0.15) is 4.98 Å². The Morgan fingerprint density at radius 2 is 1.70 bits per heavy atom. The minimum atomic E-state index is -0.202. The van der Waals surface area contributed by atoms with Crippen molar-refractivity contribution in [2.24, 2.45) is 0 Å². The topological polar surface area (TPSA) is 94.4 Å². The van der Waals surface area contributed by atoms with Crippen LogP contribution in [0.5, 0.6) is 0 Å². The number of fused-ring (bicyclic) bond motifs is 3. The van der Waals surface area contributed by atoms with E-state index in [1.165, 1.54) is 0 Å². The Kier molecular flexibility index (Phi) is 5.29. The molecule has 0 atom stereocenters. The summed E-state index contributed by atoms with van der Waals surface area (Å²) in [6.07, 6.45) is 7.78. The molecule has 7 nitrogen and oxygen atoms in total. The molecule has 0 radical (unpaired) electrons. The first-order valence-electron chi connectivity index (χ1n) is 11.5. The highest BCUT2D eigenvalue weighted by molar-refractivity contribution is 6.39. The predicted octanol–water partition coefficient (Wildman–Crippen LogP) is 5.96. The van der Waals surface area contributed by atoms with Gasteiger partial charge in [0.1, 0.15) is 18.1 Å². The van der Waals surface area contributed by atoms with Crippen molar-refractivity contribution in [3.8, 4) is 11.3 Å². The van der Waals surface area contributed by atoms with E-state index in [2.05, 4.69) is 15.3 Å². The standard InChI is InChI=1S/C24H25Cl2N3O4/c25-16-2-1-3-17(26)19(16)20-15(21(32-29-20)14-4-5-14)13-31-24-9-6-23(7-10-24,8-11-24)22-27-18(12-30)28-33-22/h1-3,14,30H,4-13H2. The summed E-state index contributed by atoms with van der Waals surface area (Å²) < 4.78 is 18.0. The van der Waals surface area contributed by atoms with Crippen molar-refractivity contribution in [1.29, 1.82) is 0 Å². The second kappa shape index (κ2) is 8.08. The van der Waals surface area contributed by atoms with E-state index >= 15 is 0 Å². The van der Waals surface area contributed by atoms with Crippen LogP contribution in [0.25, 0.3) is 11.3 Å². The van der Waals surface area contributed by atoms with Crippen molar-refractivity contribution >= 4 is 23.2 Å². The molecule has 1 aromatic carbocycles. The maximum atomic E-state index is 9.29. The zero-order chi connectivity index (χ0) is 22.6. The number of benzene rings is 1. The molecular formula is C24H25Cl2N3O4. The Morgan fingerprint density at radius 1 is 1.00 bits per heavy atom. The van der Waals surface area contributed by atoms with Crippen LogP contribution in [0.1, 0.15) is 80.3 Å². The first kappa shape index (κ1) is 21.6. The highest BCUT2D eigenvalue weighted by Crippen LogP contribution is 2.55. The first-order valence-corrected chi connectivity index (χ1v) is 12.3. The van der Waals surface area contributed by atoms with Crippen LogP contribution < -0.4 is 0 Å². The molecule has 4 fully saturated rings. The average molecular weight is 490 g/mol. The lowest BCUT2D eigenvalue weighted by atomic mass is 9.58. The van der Waals surface area contributed by atoms with Gasteiger partial charge in [-0.3, -0.25) is 0 Å². The molecule has 0 unspecified atom stereocenters. The molecule has 4 saturated carbocycles. The Labute approximate surface area is 201 Å². The van der Waals surface area contributed by atoms with Crippen molar-refractivity contribution in [2.45, 2.75) is 81.5 Å². The summed E-state index contributed by atoms with van der Waals surface area (Å²) in [6, 6.07) is 5.47. The van der Waals surface area contributed by atoms with Gasteiger partial charge < -0.3 is 18.9 Å². The number of hydrogen-bond donors (Lipinski definition) is 1. The molecule has 3 aromatic rings. The molecule has 2 aromatic heterocycles. The number of rotatable bonds is 7. The number of aliphatic hydroxyl groups is 1. The summed E-state index contributed by atoms with van der Waals surface area (Å²) in [4.78, 5) is 4.41. The zero-order valence-electron chi connectivity index (χ0n) is 18.1. The monoisotopic (exact) mass is 489 g/mol. The molecule has 33 heavy (non-hydrogen) atoms. The van der Waals surface area contributed by atoms with Crippen LogP contribution in [0.2, 0.25) is 10.0 Å². The smallest absolute Gasteiger partial charge is 0.232 e. The van der Waals surface area contributed by atoms with Gasteiger partial charge in [-0.15, -0.1) is 0 Å². The average Bonchev–Trinajstić information content (AvgIpc) is 3.40. The van der Waals surface area contributed by atoms with Crippen LogP contribution in [0.3, 0.4) is 0 Å². The summed E-state index contributed by atoms with van der Waals surface area (Å²) in [5, 5.41) is 18.7. The van der Waals surface area contributed by atoms with Gasteiger partial charge in [0, 0.05) is 22.5 Å². The molecule has 2 heterocycles. The lowest BCUT2D eigenvalue weighted by Gasteiger charge is -2.51. The minimum Gasteiger partial charge on any atom is -0.388 e. The van der Waals surface area contributed by atoms with E-state index in [1.807, 2.05) is 18.2 Å². The Bertz CT molecular complexity index is 1140. The first-order chi connectivity index (χ1) is 16.0. The normalized spacial score (nSPS) is 26.8. The number of halogens is 2. The van der Waals surface area contributed by atoms with Gasteiger partial charge in [0.25, 0.3) is 0 Å². The molecular weight excluding hydrogens is 465 g/mol. The minimum absolute atomic E-state index is 0.0991. The van der Waals surface area contributed by atoms with Gasteiger partial charge >= 0.3 is 0 Å². The van der Waals surface area contributed by atoms with Crippen LogP contribution in [0.4, 0.5) is 0 Å². The van der Waals surface area contributed by atoms with Crippen LogP contribution in [0.15, 0.2) is 27.2 Å². The summed E-state index contributed by atoms with van der Waals surface area (Å²) in [6.45, 7) is 0.223. The van der Waals surface area contributed by atoms with Crippen molar-refractivity contribution in [1.82, 2.24) is 15.3 Å². The van der Waals surface area contributed by atoms with Crippen LogP contribution in [-0.2, 0) is 23.4 Å². The molecule has 2 bridgehead atoms. The fourth-order valence-corrected chi connectivity index (χ4v) is 6.07. The summed E-state index contributed by atoms with van der Waals surface area (Å²) >= 11 is 13.0. The van der Waals surface area contributed by atoms with E-state index < -0.39 is 0 Å². The van der Waals surface area contributed by atoms with E-state index in [1.54, 1.807) is 0 Å². The van der Waals surface area contributed by atoms with Crippen LogP contribution in [-0.4, -0.2) is 26.0 Å². The Balaban J connectivity index is 1.23. The van der Waals surface area contributed by atoms with E-state index in [9.17, 15) is 5.11 Å². The number of aliphatic hydroxyl groups excluding tert-OH is 1. The summed E-state index contributed by atoms with van der Waals surface area (Å²) in [7, 11) is 0. The van der Waals surface area contributed by atoms with Gasteiger partial charge in [0.15, 0.2) is 5.82 Å². The van der Waals surface area contributed by atoms with Gasteiger partial charge in [0.05, 0.1) is 22.3 Å². The second-order valence-electron chi connectivity index (χ2n) is 9.67. The van der Waals surface area contributed by atoms with Crippen molar-refractivity contribution in [3.63, 3.8) is 0 Å². The highest BCUT2D eigenvalue weighted by atomic mass is 35.5. The van der Waals surface area contributed by atoms with Gasteiger partial charge in [-0.05, 0) is 63.5 Å². The molecule has 1 N–H and O–H groups in total. The summed E-state index contributed by atoms with van der Waals surface area (Å²) in [5.74, 6) is 2.31. The SMILES string of the molecule is OCc1noc(C23CCC(OCc4c(-c5c(Cl)cccc5Cl)noc4C4CC4)(CC2)CC3)n1. The highest BCUT2D eigenvalue weighted by Gasteiger charge is 2.53. The molecule has 0 aliphatic heterocycles. The van der Waals surface area contributed by atoms with Crippen molar-refractivity contribution in [2.75, 3.05) is 0 Å². The van der Waals surface area contributed by atoms with E-state index in [0.29, 0.717) is 45.5 Å². The maximum Gasteiger partial charge on any atom is 0.232 e. The third-order valence-electron chi connectivity index (χ3n) is 7.73. The molecule has 9 heteroatoms. The number of nitrogens with zero attached hydrogens (tertiary/aromatic N) is 3. The fraction of sp³-hybridized carbons (Fsp3) is 0.542. The molecule has 0 saturated heterocycles. The number of hydrogen-bond acceptors (Lipinski definition) is 7. The van der Waals surface area contributed by atoms with Crippen molar-refractivity contribution in [3.05, 3.63) is 51.3 Å². The lowest BCUT2D eigenvalue weighted by molar-refractivity contribution is -0.130. The fourth-order valence-electron chi connectivity index (χ4n) is 5.50. The zero-order valence-corrected chi connectivity index (χ0v) is 19.7. The van der Waals surface area contributed by atoms with E-state index in [-0.39, 0.29) is 17.6 Å². The van der Waals surface area contributed by atoms with Gasteiger partial charge in [-0.1, -0.05) is 39.6 Å². The Hall–Kier alpha value is -1.93. The van der Waals surface area contributed by atoms with Crippen molar-refractivity contribution < 1.29 is 18.9 Å². The second-order valence-corrected chi connectivity index (χ2v) is 10.5. The third kappa shape index (κ3) is 3.70. The number of aromatic nitrogens is 3. The van der Waals surface area contributed by atoms with Gasteiger partial charge in [-0.25, -0.2) is 0 Å². The van der Waals surface area contributed by atoms with Crippen LogP contribution in [0, 0.1) is 0 Å². The quantitative estimate of drug-likeness (QED) is 0.437.